The monoisotopic (exact) mass is 269 g/mol. The molecule has 19 heavy (non-hydrogen) atoms. The molecule has 1 aromatic carbocycles. The Labute approximate surface area is 108 Å². The quantitative estimate of drug-likeness (QED) is 0.894. The molecule has 0 bridgehead atoms. The molecule has 1 atom stereocenters. The molecule has 0 saturated heterocycles. The summed E-state index contributed by atoms with van der Waals surface area (Å²) >= 11 is 0. The first-order valence-corrected chi connectivity index (χ1v) is 5.85. The molecule has 1 aromatic heterocycles. The lowest BCUT2D eigenvalue weighted by molar-refractivity contribution is -0.137. The minimum absolute atomic E-state index is 0.0216. The van der Waals surface area contributed by atoms with Crippen LogP contribution in [0.3, 0.4) is 0 Å². The Balaban J connectivity index is 2.00. The SMILES string of the molecule is CC(NCc1cccc(C(F)(F)F)c1)c1cn[nH]c1. The third kappa shape index (κ3) is 3.57. The summed E-state index contributed by atoms with van der Waals surface area (Å²) in [5, 5.41) is 9.68. The third-order valence-corrected chi connectivity index (χ3v) is 2.89. The summed E-state index contributed by atoms with van der Waals surface area (Å²) in [5.74, 6) is 0. The predicted octanol–water partition coefficient (Wildman–Crippen LogP) is 3.28. The summed E-state index contributed by atoms with van der Waals surface area (Å²) in [6.45, 7) is 2.30. The molecule has 2 aromatic rings. The second-order valence-corrected chi connectivity index (χ2v) is 4.33. The largest absolute Gasteiger partial charge is 0.416 e. The van der Waals surface area contributed by atoms with E-state index in [1.807, 2.05) is 6.92 Å². The molecule has 1 heterocycles. The molecule has 3 nitrogen and oxygen atoms in total. The predicted molar refractivity (Wildman–Crippen MR) is 65.3 cm³/mol. The van der Waals surface area contributed by atoms with Crippen molar-refractivity contribution in [3.05, 3.63) is 53.3 Å². The average Bonchev–Trinajstić information content (AvgIpc) is 2.89. The van der Waals surface area contributed by atoms with Crippen LogP contribution in [0, 0.1) is 0 Å². The maximum Gasteiger partial charge on any atom is 0.416 e. The Bertz CT molecular complexity index is 520. The van der Waals surface area contributed by atoms with Crippen LogP contribution in [0.4, 0.5) is 13.2 Å². The lowest BCUT2D eigenvalue weighted by atomic mass is 10.1. The summed E-state index contributed by atoms with van der Waals surface area (Å²) < 4.78 is 37.7. The van der Waals surface area contributed by atoms with Gasteiger partial charge in [0.1, 0.15) is 0 Å². The van der Waals surface area contributed by atoms with Crippen LogP contribution < -0.4 is 5.32 Å². The van der Waals surface area contributed by atoms with Gasteiger partial charge in [0, 0.05) is 24.3 Å². The summed E-state index contributed by atoms with van der Waals surface area (Å²) in [4.78, 5) is 0. The molecule has 0 fully saturated rings. The standard InChI is InChI=1S/C13H14F3N3/c1-9(11-7-18-19-8-11)17-6-10-3-2-4-12(5-10)13(14,15)16/h2-5,7-9,17H,6H2,1H3,(H,18,19). The van der Waals surface area contributed by atoms with Gasteiger partial charge in [-0.15, -0.1) is 0 Å². The zero-order valence-corrected chi connectivity index (χ0v) is 10.3. The van der Waals surface area contributed by atoms with Crippen molar-refractivity contribution in [3.63, 3.8) is 0 Å². The summed E-state index contributed by atoms with van der Waals surface area (Å²) in [6.07, 6.45) is -0.861. The Morgan fingerprint density at radius 1 is 1.37 bits per heavy atom. The molecule has 0 aliphatic carbocycles. The van der Waals surface area contributed by atoms with E-state index >= 15 is 0 Å². The molecule has 2 N–H and O–H groups in total. The lowest BCUT2D eigenvalue weighted by Gasteiger charge is -2.13. The highest BCUT2D eigenvalue weighted by molar-refractivity contribution is 5.25. The molecule has 0 amide bonds. The summed E-state index contributed by atoms with van der Waals surface area (Å²) in [7, 11) is 0. The van der Waals surface area contributed by atoms with Gasteiger partial charge in [-0.05, 0) is 18.6 Å². The highest BCUT2D eigenvalue weighted by Crippen LogP contribution is 2.29. The number of aromatic nitrogens is 2. The van der Waals surface area contributed by atoms with Crippen molar-refractivity contribution in [2.45, 2.75) is 25.7 Å². The first-order valence-electron chi connectivity index (χ1n) is 5.85. The van der Waals surface area contributed by atoms with Crippen LogP contribution in [0.5, 0.6) is 0 Å². The van der Waals surface area contributed by atoms with Crippen molar-refractivity contribution in [2.24, 2.45) is 0 Å². The Kier molecular flexibility index (Phi) is 3.90. The number of H-pyrrole nitrogens is 1. The van der Waals surface area contributed by atoms with E-state index in [2.05, 4.69) is 15.5 Å². The van der Waals surface area contributed by atoms with Gasteiger partial charge in [-0.1, -0.05) is 18.2 Å². The van der Waals surface area contributed by atoms with Crippen LogP contribution in [-0.4, -0.2) is 10.2 Å². The van der Waals surface area contributed by atoms with Gasteiger partial charge in [-0.3, -0.25) is 5.10 Å². The number of hydrogen-bond acceptors (Lipinski definition) is 2. The normalized spacial score (nSPS) is 13.5. The van der Waals surface area contributed by atoms with Crippen LogP contribution in [-0.2, 0) is 12.7 Å². The molecule has 6 heteroatoms. The fraction of sp³-hybridized carbons (Fsp3) is 0.308. The van der Waals surface area contributed by atoms with Crippen molar-refractivity contribution in [3.8, 4) is 0 Å². The summed E-state index contributed by atoms with van der Waals surface area (Å²) in [6, 6.07) is 5.35. The van der Waals surface area contributed by atoms with Gasteiger partial charge in [0.25, 0.3) is 0 Å². The number of benzene rings is 1. The first kappa shape index (κ1) is 13.6. The van der Waals surface area contributed by atoms with E-state index in [1.165, 1.54) is 6.07 Å². The topological polar surface area (TPSA) is 40.7 Å². The second kappa shape index (κ2) is 5.44. The van der Waals surface area contributed by atoms with Crippen LogP contribution in [0.1, 0.15) is 29.7 Å². The smallest absolute Gasteiger partial charge is 0.306 e. The van der Waals surface area contributed by atoms with Crippen molar-refractivity contribution in [1.82, 2.24) is 15.5 Å². The Morgan fingerprint density at radius 3 is 2.79 bits per heavy atom. The minimum atomic E-state index is -4.30. The molecule has 2 rings (SSSR count). The lowest BCUT2D eigenvalue weighted by Crippen LogP contribution is -2.18. The van der Waals surface area contributed by atoms with E-state index in [4.69, 9.17) is 0 Å². The highest BCUT2D eigenvalue weighted by atomic mass is 19.4. The van der Waals surface area contributed by atoms with E-state index in [0.717, 1.165) is 17.7 Å². The van der Waals surface area contributed by atoms with E-state index in [1.54, 1.807) is 18.5 Å². The van der Waals surface area contributed by atoms with Gasteiger partial charge in [0.2, 0.25) is 0 Å². The fourth-order valence-electron chi connectivity index (χ4n) is 1.74. The van der Waals surface area contributed by atoms with Crippen LogP contribution in [0.25, 0.3) is 0 Å². The first-order chi connectivity index (χ1) is 8.97. The summed E-state index contributed by atoms with van der Waals surface area (Å²) in [5.41, 5.74) is 0.944. The van der Waals surface area contributed by atoms with Crippen LogP contribution in [0.15, 0.2) is 36.7 Å². The Hall–Kier alpha value is -1.82. The number of hydrogen-bond donors (Lipinski definition) is 2. The molecular weight excluding hydrogens is 255 g/mol. The van der Waals surface area contributed by atoms with Crippen molar-refractivity contribution >= 4 is 0 Å². The van der Waals surface area contributed by atoms with Gasteiger partial charge in [0.15, 0.2) is 0 Å². The number of nitrogens with one attached hydrogen (secondary N) is 2. The highest BCUT2D eigenvalue weighted by Gasteiger charge is 2.30. The number of rotatable bonds is 4. The van der Waals surface area contributed by atoms with Gasteiger partial charge >= 0.3 is 6.18 Å². The zero-order chi connectivity index (χ0) is 13.9. The maximum atomic E-state index is 12.6. The van der Waals surface area contributed by atoms with Crippen molar-refractivity contribution in [2.75, 3.05) is 0 Å². The third-order valence-electron chi connectivity index (χ3n) is 2.89. The van der Waals surface area contributed by atoms with Gasteiger partial charge in [-0.2, -0.15) is 18.3 Å². The molecule has 0 radical (unpaired) electrons. The molecule has 0 aliphatic rings. The zero-order valence-electron chi connectivity index (χ0n) is 10.3. The van der Waals surface area contributed by atoms with Gasteiger partial charge < -0.3 is 5.32 Å². The average molecular weight is 269 g/mol. The van der Waals surface area contributed by atoms with E-state index in [9.17, 15) is 13.2 Å². The molecule has 0 saturated carbocycles. The van der Waals surface area contributed by atoms with Crippen LogP contribution >= 0.6 is 0 Å². The Morgan fingerprint density at radius 2 is 2.16 bits per heavy atom. The fourth-order valence-corrected chi connectivity index (χ4v) is 1.74. The van der Waals surface area contributed by atoms with E-state index < -0.39 is 11.7 Å². The molecule has 1 unspecified atom stereocenters. The number of nitrogens with zero attached hydrogens (tertiary/aromatic N) is 1. The number of alkyl halides is 3. The van der Waals surface area contributed by atoms with Gasteiger partial charge in [-0.25, -0.2) is 0 Å². The molecular formula is C13H14F3N3. The number of halogens is 3. The molecule has 0 aliphatic heterocycles. The second-order valence-electron chi connectivity index (χ2n) is 4.33. The van der Waals surface area contributed by atoms with E-state index in [0.29, 0.717) is 12.1 Å². The molecule has 102 valence electrons. The van der Waals surface area contributed by atoms with Crippen molar-refractivity contribution < 1.29 is 13.2 Å². The maximum absolute atomic E-state index is 12.6. The van der Waals surface area contributed by atoms with Crippen LogP contribution in [0.2, 0.25) is 0 Å². The number of aromatic amines is 1. The molecule has 0 spiro atoms. The van der Waals surface area contributed by atoms with Crippen molar-refractivity contribution in [1.29, 1.82) is 0 Å². The van der Waals surface area contributed by atoms with Gasteiger partial charge in [0.05, 0.1) is 11.8 Å². The van der Waals surface area contributed by atoms with E-state index in [-0.39, 0.29) is 6.04 Å². The minimum Gasteiger partial charge on any atom is -0.306 e.